The molecule has 0 saturated heterocycles. The second kappa shape index (κ2) is 12.1. The highest BCUT2D eigenvalue weighted by Gasteiger charge is 2.33. The van der Waals surface area contributed by atoms with Gasteiger partial charge in [0.2, 0.25) is 11.8 Å². The summed E-state index contributed by atoms with van der Waals surface area (Å²) in [7, 11) is -4.07. The fraction of sp³-hybridized carbons (Fsp3) is 0.310. The summed E-state index contributed by atoms with van der Waals surface area (Å²) in [4.78, 5) is 28.2. The molecular weight excluding hydrogens is 486 g/mol. The monoisotopic (exact) mass is 521 g/mol. The Morgan fingerprint density at radius 1 is 0.892 bits per heavy atom. The number of sulfonamides is 1. The van der Waals surface area contributed by atoms with Gasteiger partial charge in [0.05, 0.1) is 10.6 Å². The van der Waals surface area contributed by atoms with Gasteiger partial charge in [-0.15, -0.1) is 0 Å². The molecule has 0 aliphatic carbocycles. The zero-order chi connectivity index (χ0) is 27.2. The maximum absolute atomic E-state index is 13.9. The largest absolute Gasteiger partial charge is 0.355 e. The summed E-state index contributed by atoms with van der Waals surface area (Å²) in [6.45, 7) is 9.32. The molecule has 0 radical (unpaired) electrons. The minimum atomic E-state index is -4.07. The van der Waals surface area contributed by atoms with Gasteiger partial charge in [-0.05, 0) is 63.9 Å². The number of carbonyl (C=O) groups is 2. The highest BCUT2D eigenvalue weighted by Crippen LogP contribution is 2.28. The second-order valence-corrected chi connectivity index (χ2v) is 11.1. The first-order valence-corrected chi connectivity index (χ1v) is 13.8. The maximum Gasteiger partial charge on any atom is 0.264 e. The number of likely N-dealkylation sites (N-methyl/N-ethyl adjacent to an activating group) is 1. The molecule has 1 N–H and O–H groups in total. The van der Waals surface area contributed by atoms with Crippen LogP contribution in [0, 0.1) is 20.8 Å². The molecule has 0 spiro atoms. The number of aryl methyl sites for hydroxylation is 3. The number of nitrogens with zero attached hydrogens (tertiary/aromatic N) is 2. The van der Waals surface area contributed by atoms with Crippen molar-refractivity contribution in [3.63, 3.8) is 0 Å². The van der Waals surface area contributed by atoms with Gasteiger partial charge < -0.3 is 10.2 Å². The Morgan fingerprint density at radius 2 is 1.57 bits per heavy atom. The van der Waals surface area contributed by atoms with Crippen LogP contribution in [0.2, 0.25) is 0 Å². The van der Waals surface area contributed by atoms with E-state index in [2.05, 4.69) is 5.32 Å². The third-order valence-corrected chi connectivity index (χ3v) is 7.96. The smallest absolute Gasteiger partial charge is 0.264 e. The number of rotatable bonds is 10. The number of hydrogen-bond donors (Lipinski definition) is 1. The Bertz CT molecular complexity index is 1360. The first kappa shape index (κ1) is 27.9. The van der Waals surface area contributed by atoms with E-state index in [0.717, 1.165) is 26.6 Å². The molecule has 3 aromatic carbocycles. The zero-order valence-electron chi connectivity index (χ0n) is 22.1. The lowest BCUT2D eigenvalue weighted by atomic mass is 10.1. The molecule has 0 aliphatic rings. The summed E-state index contributed by atoms with van der Waals surface area (Å²) in [6, 6.07) is 20.4. The summed E-state index contributed by atoms with van der Waals surface area (Å²) in [5, 5.41) is 2.77. The number of nitrogens with one attached hydrogen (secondary N) is 1. The van der Waals surface area contributed by atoms with Crippen LogP contribution in [0.1, 0.15) is 36.1 Å². The zero-order valence-corrected chi connectivity index (χ0v) is 22.9. The molecule has 0 saturated carbocycles. The van der Waals surface area contributed by atoms with Crippen LogP contribution in [0.5, 0.6) is 0 Å². The van der Waals surface area contributed by atoms with E-state index in [1.807, 2.05) is 64.1 Å². The van der Waals surface area contributed by atoms with Crippen molar-refractivity contribution in [1.82, 2.24) is 10.2 Å². The van der Waals surface area contributed by atoms with Gasteiger partial charge in [0, 0.05) is 13.1 Å². The molecule has 8 heteroatoms. The van der Waals surface area contributed by atoms with Gasteiger partial charge in [0.25, 0.3) is 10.0 Å². The SMILES string of the molecule is CCNC(=O)C(C)N(Cc1cccc(C)c1)C(=O)CN(c1ccc(C)cc1C)S(=O)(=O)c1ccccc1. The lowest BCUT2D eigenvalue weighted by molar-refractivity contribution is -0.139. The molecule has 196 valence electrons. The normalized spacial score (nSPS) is 12.0. The number of hydrogen-bond acceptors (Lipinski definition) is 4. The van der Waals surface area contributed by atoms with Crippen LogP contribution in [0.15, 0.2) is 77.7 Å². The van der Waals surface area contributed by atoms with Crippen molar-refractivity contribution < 1.29 is 18.0 Å². The summed E-state index contributed by atoms with van der Waals surface area (Å²) in [6.07, 6.45) is 0. The van der Waals surface area contributed by atoms with Crippen LogP contribution in [0.4, 0.5) is 5.69 Å². The molecule has 0 fully saturated rings. The molecule has 3 rings (SSSR count). The average molecular weight is 522 g/mol. The lowest BCUT2D eigenvalue weighted by Crippen LogP contribution is -2.51. The van der Waals surface area contributed by atoms with Crippen molar-refractivity contribution in [2.75, 3.05) is 17.4 Å². The van der Waals surface area contributed by atoms with E-state index in [4.69, 9.17) is 0 Å². The molecule has 2 amide bonds. The van der Waals surface area contributed by atoms with Crippen molar-refractivity contribution in [2.24, 2.45) is 0 Å². The molecule has 3 aromatic rings. The number of carbonyl (C=O) groups excluding carboxylic acids is 2. The van der Waals surface area contributed by atoms with E-state index >= 15 is 0 Å². The Morgan fingerprint density at radius 3 is 2.19 bits per heavy atom. The van der Waals surface area contributed by atoms with Crippen molar-refractivity contribution in [3.05, 3.63) is 95.1 Å². The molecule has 37 heavy (non-hydrogen) atoms. The highest BCUT2D eigenvalue weighted by atomic mass is 32.2. The number of amides is 2. The highest BCUT2D eigenvalue weighted by molar-refractivity contribution is 7.92. The summed E-state index contributed by atoms with van der Waals surface area (Å²) in [5.41, 5.74) is 4.02. The average Bonchev–Trinajstić information content (AvgIpc) is 2.86. The predicted molar refractivity (Wildman–Crippen MR) is 147 cm³/mol. The molecular formula is C29H35N3O4S. The summed E-state index contributed by atoms with van der Waals surface area (Å²) >= 11 is 0. The third kappa shape index (κ3) is 6.77. The topological polar surface area (TPSA) is 86.8 Å². The Labute approximate surface area is 220 Å². The van der Waals surface area contributed by atoms with Crippen molar-refractivity contribution in [2.45, 2.75) is 52.1 Å². The Hall–Kier alpha value is -3.65. The van der Waals surface area contributed by atoms with Crippen molar-refractivity contribution in [3.8, 4) is 0 Å². The van der Waals surface area contributed by atoms with E-state index in [-0.39, 0.29) is 17.3 Å². The summed E-state index contributed by atoms with van der Waals surface area (Å²) < 4.78 is 28.8. The van der Waals surface area contributed by atoms with Gasteiger partial charge in [-0.1, -0.05) is 65.7 Å². The van der Waals surface area contributed by atoms with Crippen LogP contribution >= 0.6 is 0 Å². The Kier molecular flexibility index (Phi) is 9.10. The van der Waals surface area contributed by atoms with Crippen LogP contribution in [0.25, 0.3) is 0 Å². The van der Waals surface area contributed by atoms with Gasteiger partial charge in [0.1, 0.15) is 12.6 Å². The van der Waals surface area contributed by atoms with E-state index in [9.17, 15) is 18.0 Å². The standard InChI is InChI=1S/C29H35N3O4S/c1-6-30-29(34)24(5)31(19-25-12-10-11-21(2)18-25)28(33)20-32(27-16-15-22(3)17-23(27)4)37(35,36)26-13-8-7-9-14-26/h7-18,24H,6,19-20H2,1-5H3,(H,30,34). The van der Waals surface area contributed by atoms with Gasteiger partial charge >= 0.3 is 0 Å². The van der Waals surface area contributed by atoms with Crippen LogP contribution in [0.3, 0.4) is 0 Å². The molecule has 0 bridgehead atoms. The fourth-order valence-corrected chi connectivity index (χ4v) is 5.73. The summed E-state index contributed by atoms with van der Waals surface area (Å²) in [5.74, 6) is -0.771. The fourth-order valence-electron chi connectivity index (χ4n) is 4.23. The molecule has 1 atom stereocenters. The van der Waals surface area contributed by atoms with Gasteiger partial charge in [0.15, 0.2) is 0 Å². The first-order valence-electron chi connectivity index (χ1n) is 12.3. The molecule has 0 heterocycles. The van der Waals surface area contributed by atoms with Gasteiger partial charge in [-0.2, -0.15) is 0 Å². The molecule has 7 nitrogen and oxygen atoms in total. The lowest BCUT2D eigenvalue weighted by Gasteiger charge is -2.32. The molecule has 0 aromatic heterocycles. The number of benzene rings is 3. The first-order chi connectivity index (χ1) is 17.5. The molecule has 0 aliphatic heterocycles. The minimum Gasteiger partial charge on any atom is -0.355 e. The van der Waals surface area contributed by atoms with E-state index in [1.165, 1.54) is 17.0 Å². The van der Waals surface area contributed by atoms with Gasteiger partial charge in [-0.3, -0.25) is 13.9 Å². The third-order valence-electron chi connectivity index (χ3n) is 6.18. The number of anilines is 1. The van der Waals surface area contributed by atoms with Crippen molar-refractivity contribution >= 4 is 27.5 Å². The maximum atomic E-state index is 13.9. The second-order valence-electron chi connectivity index (χ2n) is 9.20. The van der Waals surface area contributed by atoms with Crippen LogP contribution < -0.4 is 9.62 Å². The predicted octanol–water partition coefficient (Wildman–Crippen LogP) is 4.36. The molecule has 1 unspecified atom stereocenters. The van der Waals surface area contributed by atoms with E-state index in [0.29, 0.717) is 12.2 Å². The minimum absolute atomic E-state index is 0.0878. The van der Waals surface area contributed by atoms with Gasteiger partial charge in [-0.25, -0.2) is 8.42 Å². The van der Waals surface area contributed by atoms with E-state index < -0.39 is 28.5 Å². The van der Waals surface area contributed by atoms with E-state index in [1.54, 1.807) is 31.2 Å². The van der Waals surface area contributed by atoms with Crippen molar-refractivity contribution in [1.29, 1.82) is 0 Å². The van der Waals surface area contributed by atoms with Crippen LogP contribution in [-0.4, -0.2) is 44.3 Å². The quantitative estimate of drug-likeness (QED) is 0.430. The Balaban J connectivity index is 2.05. The van der Waals surface area contributed by atoms with Crippen LogP contribution in [-0.2, 0) is 26.2 Å².